The number of carbonyl (C=O) groups is 1. The Morgan fingerprint density at radius 1 is 1.24 bits per heavy atom. The largest absolute Gasteiger partial charge is 0.431 e. The Morgan fingerprint density at radius 3 is 2.76 bits per heavy atom. The molecule has 0 unspecified atom stereocenters. The number of Topliss-reactive ketones (excluding diaryl/α,β-unsaturated/α-hetero) is 1. The van der Waals surface area contributed by atoms with Crippen LogP contribution in [-0.4, -0.2) is 16.5 Å². The molecule has 0 radical (unpaired) electrons. The van der Waals surface area contributed by atoms with Gasteiger partial charge in [-0.05, 0) is 36.8 Å². The van der Waals surface area contributed by atoms with Crippen LogP contribution in [0.15, 0.2) is 56.6 Å². The van der Waals surface area contributed by atoms with E-state index in [1.54, 1.807) is 0 Å². The Balaban J connectivity index is 1.71. The molecule has 1 aromatic heterocycles. The first-order valence-electron chi connectivity index (χ1n) is 6.40. The Kier molecular flexibility index (Phi) is 4.12. The lowest BCUT2D eigenvalue weighted by Crippen LogP contribution is -2.01. The van der Waals surface area contributed by atoms with Crippen molar-refractivity contribution < 1.29 is 9.21 Å². The monoisotopic (exact) mass is 361 g/mol. The third-order valence-electron chi connectivity index (χ3n) is 3.02. The number of thioether (sulfide) groups is 1. The quantitative estimate of drug-likeness (QED) is 0.490. The molecule has 0 bridgehead atoms. The molecule has 0 spiro atoms. The van der Waals surface area contributed by atoms with Gasteiger partial charge in [0.05, 0.1) is 5.75 Å². The summed E-state index contributed by atoms with van der Waals surface area (Å²) in [7, 11) is 0. The fourth-order valence-electron chi connectivity index (χ4n) is 1.92. The zero-order chi connectivity index (χ0) is 14.8. The molecule has 0 aliphatic carbocycles. The maximum absolute atomic E-state index is 12.1. The van der Waals surface area contributed by atoms with Gasteiger partial charge in [0.2, 0.25) is 0 Å². The third kappa shape index (κ3) is 3.36. The first kappa shape index (κ1) is 14.4. The van der Waals surface area contributed by atoms with Crippen LogP contribution in [-0.2, 0) is 0 Å². The number of rotatable bonds is 4. The lowest BCUT2D eigenvalue weighted by Gasteiger charge is -1.99. The van der Waals surface area contributed by atoms with E-state index in [0.717, 1.165) is 21.1 Å². The molecule has 0 saturated heterocycles. The van der Waals surface area contributed by atoms with Crippen molar-refractivity contribution >= 4 is 44.6 Å². The van der Waals surface area contributed by atoms with Crippen LogP contribution in [0.3, 0.4) is 0 Å². The van der Waals surface area contributed by atoms with Crippen LogP contribution in [0, 0.1) is 6.92 Å². The molecular formula is C16H12BrNO2S. The Labute approximate surface area is 134 Å². The highest BCUT2D eigenvalue weighted by atomic mass is 79.9. The summed E-state index contributed by atoms with van der Waals surface area (Å²) in [6.45, 7) is 2.01. The van der Waals surface area contributed by atoms with Gasteiger partial charge in [-0.1, -0.05) is 45.9 Å². The molecule has 106 valence electrons. The maximum atomic E-state index is 12.1. The maximum Gasteiger partial charge on any atom is 0.257 e. The summed E-state index contributed by atoms with van der Waals surface area (Å²) in [5, 5.41) is 0.529. The van der Waals surface area contributed by atoms with Crippen molar-refractivity contribution in [3.63, 3.8) is 0 Å². The molecule has 21 heavy (non-hydrogen) atoms. The van der Waals surface area contributed by atoms with Crippen molar-refractivity contribution in [2.24, 2.45) is 0 Å². The standard InChI is InChI=1S/C16H12BrNO2S/c1-10-2-7-15-13(8-10)18-16(20-15)21-9-14(19)11-3-5-12(17)6-4-11/h2-8H,9H2,1H3. The van der Waals surface area contributed by atoms with Crippen LogP contribution < -0.4 is 0 Å². The molecular weight excluding hydrogens is 350 g/mol. The van der Waals surface area contributed by atoms with Gasteiger partial charge in [0.1, 0.15) is 5.52 Å². The van der Waals surface area contributed by atoms with Gasteiger partial charge < -0.3 is 4.42 Å². The van der Waals surface area contributed by atoms with E-state index in [1.807, 2.05) is 49.4 Å². The van der Waals surface area contributed by atoms with Crippen LogP contribution in [0.2, 0.25) is 0 Å². The van der Waals surface area contributed by atoms with Crippen LogP contribution in [0.25, 0.3) is 11.1 Å². The molecule has 1 heterocycles. The summed E-state index contributed by atoms with van der Waals surface area (Å²) < 4.78 is 6.58. The molecule has 3 nitrogen and oxygen atoms in total. The number of benzene rings is 2. The topological polar surface area (TPSA) is 43.1 Å². The second-order valence-electron chi connectivity index (χ2n) is 4.67. The van der Waals surface area contributed by atoms with Crippen molar-refractivity contribution in [2.45, 2.75) is 12.1 Å². The van der Waals surface area contributed by atoms with Crippen LogP contribution in [0.4, 0.5) is 0 Å². The summed E-state index contributed by atoms with van der Waals surface area (Å²) >= 11 is 4.67. The van der Waals surface area contributed by atoms with Gasteiger partial charge in [0, 0.05) is 10.0 Å². The summed E-state index contributed by atoms with van der Waals surface area (Å²) in [6.07, 6.45) is 0. The molecule has 0 saturated carbocycles. The normalized spacial score (nSPS) is 11.0. The van der Waals surface area contributed by atoms with Crippen LogP contribution in [0.5, 0.6) is 0 Å². The number of nitrogens with zero attached hydrogens (tertiary/aromatic N) is 1. The number of carbonyl (C=O) groups excluding carboxylic acids is 1. The average molecular weight is 362 g/mol. The second kappa shape index (κ2) is 6.03. The van der Waals surface area contributed by atoms with E-state index >= 15 is 0 Å². The number of hydrogen-bond acceptors (Lipinski definition) is 4. The van der Waals surface area contributed by atoms with E-state index in [9.17, 15) is 4.79 Å². The Hall–Kier alpha value is -1.59. The van der Waals surface area contributed by atoms with Crippen LogP contribution >= 0.6 is 27.7 Å². The highest BCUT2D eigenvalue weighted by molar-refractivity contribution is 9.10. The molecule has 0 aliphatic rings. The summed E-state index contributed by atoms with van der Waals surface area (Å²) in [4.78, 5) is 16.5. The molecule has 0 fully saturated rings. The van der Waals surface area contributed by atoms with Crippen molar-refractivity contribution in [1.82, 2.24) is 4.98 Å². The number of aromatic nitrogens is 1. The predicted octanol–water partition coefficient (Wildman–Crippen LogP) is 4.87. The lowest BCUT2D eigenvalue weighted by atomic mass is 10.2. The molecule has 0 amide bonds. The van der Waals surface area contributed by atoms with E-state index < -0.39 is 0 Å². The molecule has 5 heteroatoms. The van der Waals surface area contributed by atoms with Gasteiger partial charge in [-0.15, -0.1) is 0 Å². The molecule has 0 N–H and O–H groups in total. The van der Waals surface area contributed by atoms with Gasteiger partial charge in [-0.25, -0.2) is 4.98 Å². The summed E-state index contributed by atoms with van der Waals surface area (Å²) in [6, 6.07) is 13.2. The molecule has 0 atom stereocenters. The fraction of sp³-hybridized carbons (Fsp3) is 0.125. The van der Waals surface area contributed by atoms with E-state index in [2.05, 4.69) is 20.9 Å². The number of halogens is 1. The van der Waals surface area contributed by atoms with Gasteiger partial charge in [-0.2, -0.15) is 0 Å². The molecule has 3 aromatic rings. The minimum absolute atomic E-state index is 0.0611. The highest BCUT2D eigenvalue weighted by Crippen LogP contribution is 2.25. The van der Waals surface area contributed by atoms with Gasteiger partial charge in [0.15, 0.2) is 11.4 Å². The van der Waals surface area contributed by atoms with E-state index in [0.29, 0.717) is 16.5 Å². The molecule has 2 aromatic carbocycles. The van der Waals surface area contributed by atoms with Crippen molar-refractivity contribution in [3.8, 4) is 0 Å². The first-order valence-corrected chi connectivity index (χ1v) is 8.18. The average Bonchev–Trinajstić information content (AvgIpc) is 2.87. The number of ketones is 1. The number of aryl methyl sites for hydroxylation is 1. The predicted molar refractivity (Wildman–Crippen MR) is 87.9 cm³/mol. The molecule has 0 aliphatic heterocycles. The van der Waals surface area contributed by atoms with Gasteiger partial charge in [-0.3, -0.25) is 4.79 Å². The summed E-state index contributed by atoms with van der Waals surface area (Å²) in [5.41, 5.74) is 3.41. The Morgan fingerprint density at radius 2 is 2.00 bits per heavy atom. The zero-order valence-electron chi connectivity index (χ0n) is 11.3. The highest BCUT2D eigenvalue weighted by Gasteiger charge is 2.11. The van der Waals surface area contributed by atoms with E-state index in [-0.39, 0.29) is 5.78 Å². The van der Waals surface area contributed by atoms with Crippen molar-refractivity contribution in [3.05, 3.63) is 58.1 Å². The SMILES string of the molecule is Cc1ccc2oc(SCC(=O)c3ccc(Br)cc3)nc2c1. The number of oxazole rings is 1. The number of hydrogen-bond donors (Lipinski definition) is 0. The smallest absolute Gasteiger partial charge is 0.257 e. The summed E-state index contributed by atoms with van der Waals surface area (Å²) in [5.74, 6) is 0.374. The zero-order valence-corrected chi connectivity index (χ0v) is 13.7. The fourth-order valence-corrected chi connectivity index (χ4v) is 2.92. The van der Waals surface area contributed by atoms with E-state index in [1.165, 1.54) is 11.8 Å². The minimum atomic E-state index is 0.0611. The lowest BCUT2D eigenvalue weighted by molar-refractivity contribution is 0.102. The van der Waals surface area contributed by atoms with E-state index in [4.69, 9.17) is 4.42 Å². The first-order chi connectivity index (χ1) is 10.1. The van der Waals surface area contributed by atoms with Crippen molar-refractivity contribution in [2.75, 3.05) is 5.75 Å². The second-order valence-corrected chi connectivity index (χ2v) is 6.51. The van der Waals surface area contributed by atoms with Crippen LogP contribution in [0.1, 0.15) is 15.9 Å². The third-order valence-corrected chi connectivity index (χ3v) is 4.37. The number of fused-ring (bicyclic) bond motifs is 1. The minimum Gasteiger partial charge on any atom is -0.431 e. The van der Waals surface area contributed by atoms with Crippen molar-refractivity contribution in [1.29, 1.82) is 0 Å². The van der Waals surface area contributed by atoms with Gasteiger partial charge in [0.25, 0.3) is 5.22 Å². The molecule has 3 rings (SSSR count). The van der Waals surface area contributed by atoms with Gasteiger partial charge >= 0.3 is 0 Å². The Bertz CT molecular complexity index is 796.